The molecule has 1 heterocycles. The van der Waals surface area contributed by atoms with E-state index in [1.54, 1.807) is 0 Å². The number of methoxy groups -OCH3 is 1. The Labute approximate surface area is 172 Å². The van der Waals surface area contributed by atoms with Crippen LogP contribution in [0.4, 0.5) is 74.6 Å². The number of ether oxygens (including phenoxy) is 2. The van der Waals surface area contributed by atoms with Crippen molar-refractivity contribution >= 4 is 0 Å². The van der Waals surface area contributed by atoms with Crippen LogP contribution in [0.15, 0.2) is 0 Å². The maximum absolute atomic E-state index is 14.2. The molecule has 2 unspecified atom stereocenters. The van der Waals surface area contributed by atoms with Gasteiger partial charge in [0.1, 0.15) is 0 Å². The molecule has 0 aliphatic carbocycles. The van der Waals surface area contributed by atoms with E-state index in [9.17, 15) is 74.6 Å². The van der Waals surface area contributed by atoms with E-state index in [0.29, 0.717) is 7.11 Å². The van der Waals surface area contributed by atoms with Gasteiger partial charge in [0, 0.05) is 13.7 Å². The Kier molecular flexibility index (Phi) is 7.35. The minimum Gasteiger partial charge on any atom is -0.355 e. The van der Waals surface area contributed by atoms with Crippen molar-refractivity contribution < 1.29 is 84.1 Å². The molecule has 33 heavy (non-hydrogen) atoms. The average molecular weight is 534 g/mol. The van der Waals surface area contributed by atoms with Gasteiger partial charge in [-0.15, -0.1) is 0 Å². The monoisotopic (exact) mass is 534 g/mol. The van der Waals surface area contributed by atoms with E-state index in [2.05, 4.69) is 9.47 Å². The first kappa shape index (κ1) is 29.8. The summed E-state index contributed by atoms with van der Waals surface area (Å²) in [5.41, 5.74) is 0. The molecule has 1 rings (SSSR count). The molecule has 1 aliphatic rings. The molecule has 1 aliphatic heterocycles. The molecule has 19 heteroatoms. The van der Waals surface area contributed by atoms with Crippen LogP contribution in [-0.4, -0.2) is 67.6 Å². The lowest BCUT2D eigenvalue weighted by Gasteiger charge is -2.45. The van der Waals surface area contributed by atoms with Crippen molar-refractivity contribution in [2.75, 3.05) is 13.7 Å². The van der Waals surface area contributed by atoms with E-state index in [1.807, 2.05) is 0 Å². The van der Waals surface area contributed by atoms with Gasteiger partial charge in [0.25, 0.3) is 0 Å². The summed E-state index contributed by atoms with van der Waals surface area (Å²) in [5, 5.41) is 0. The number of alkyl halides is 17. The normalized spacial score (nSPS) is 23.1. The molecular weight excluding hydrogens is 523 g/mol. The molecule has 0 bridgehead atoms. The highest BCUT2D eigenvalue weighted by Gasteiger charge is 2.95. The summed E-state index contributed by atoms with van der Waals surface area (Å²) >= 11 is 0. The summed E-state index contributed by atoms with van der Waals surface area (Å²) in [6, 6.07) is 0. The SMILES string of the molecule is COC1OCCCC1C(F)(F)C(F)(F)C(F)(F)C(F)(F)C(F)(F)C(F)(F)C(F)(F)C(F)(F)F. The quantitative estimate of drug-likeness (QED) is 0.336. The largest absolute Gasteiger partial charge is 0.460 e. The zero-order valence-corrected chi connectivity index (χ0v) is 15.5. The first-order valence-corrected chi connectivity index (χ1v) is 8.16. The van der Waals surface area contributed by atoms with Crippen LogP contribution in [0.1, 0.15) is 12.8 Å². The van der Waals surface area contributed by atoms with Gasteiger partial charge in [0.15, 0.2) is 6.29 Å². The summed E-state index contributed by atoms with van der Waals surface area (Å²) in [7, 11) is 0.484. The Hall–Kier alpha value is -1.27. The van der Waals surface area contributed by atoms with Gasteiger partial charge >= 0.3 is 47.6 Å². The predicted molar refractivity (Wildman–Crippen MR) is 70.2 cm³/mol. The van der Waals surface area contributed by atoms with Gasteiger partial charge in [-0.3, -0.25) is 0 Å². The Morgan fingerprint density at radius 1 is 0.576 bits per heavy atom. The van der Waals surface area contributed by atoms with Crippen molar-refractivity contribution in [2.45, 2.75) is 66.8 Å². The van der Waals surface area contributed by atoms with Crippen molar-refractivity contribution in [2.24, 2.45) is 5.92 Å². The lowest BCUT2D eigenvalue weighted by atomic mass is 9.82. The Bertz CT molecular complexity index is 698. The second-order valence-corrected chi connectivity index (χ2v) is 6.79. The molecule has 0 saturated carbocycles. The van der Waals surface area contributed by atoms with Crippen LogP contribution in [0.25, 0.3) is 0 Å². The van der Waals surface area contributed by atoms with Gasteiger partial charge in [-0.2, -0.15) is 74.6 Å². The summed E-state index contributed by atoms with van der Waals surface area (Å²) in [6.07, 6.45) is -12.2. The maximum Gasteiger partial charge on any atom is 0.460 e. The van der Waals surface area contributed by atoms with E-state index >= 15 is 0 Å². The minimum absolute atomic E-state index is 0.484. The van der Waals surface area contributed by atoms with E-state index in [1.165, 1.54) is 0 Å². The first-order chi connectivity index (χ1) is 14.3. The van der Waals surface area contributed by atoms with Crippen LogP contribution in [-0.2, 0) is 9.47 Å². The number of rotatable bonds is 8. The van der Waals surface area contributed by atoms with Crippen molar-refractivity contribution in [3.63, 3.8) is 0 Å². The highest BCUT2D eigenvalue weighted by atomic mass is 19.4. The van der Waals surface area contributed by atoms with Gasteiger partial charge in [-0.25, -0.2) is 0 Å². The van der Waals surface area contributed by atoms with E-state index in [4.69, 9.17) is 0 Å². The molecule has 0 spiro atoms. The highest BCUT2D eigenvalue weighted by Crippen LogP contribution is 2.65. The first-order valence-electron chi connectivity index (χ1n) is 8.16. The fourth-order valence-corrected chi connectivity index (χ4v) is 2.75. The van der Waals surface area contributed by atoms with Gasteiger partial charge in [-0.1, -0.05) is 0 Å². The lowest BCUT2D eigenvalue weighted by molar-refractivity contribution is -0.465. The van der Waals surface area contributed by atoms with Gasteiger partial charge in [0.2, 0.25) is 0 Å². The van der Waals surface area contributed by atoms with Gasteiger partial charge < -0.3 is 9.47 Å². The third-order valence-corrected chi connectivity index (χ3v) is 4.71. The van der Waals surface area contributed by atoms with Crippen LogP contribution >= 0.6 is 0 Å². The van der Waals surface area contributed by atoms with E-state index in [-0.39, 0.29) is 0 Å². The highest BCUT2D eigenvalue weighted by molar-refractivity contribution is 5.15. The zero-order valence-electron chi connectivity index (χ0n) is 15.5. The van der Waals surface area contributed by atoms with Gasteiger partial charge in [-0.05, 0) is 12.8 Å². The molecule has 2 nitrogen and oxygen atoms in total. The summed E-state index contributed by atoms with van der Waals surface area (Å²) in [6.45, 7) is -0.514. The minimum atomic E-state index is -8.63. The Balaban J connectivity index is 3.63. The summed E-state index contributed by atoms with van der Waals surface area (Å²) in [4.78, 5) is 0. The van der Waals surface area contributed by atoms with Crippen molar-refractivity contribution in [1.29, 1.82) is 0 Å². The molecular formula is C14H11F17O2. The summed E-state index contributed by atoms with van der Waals surface area (Å²) in [5.74, 6) is -59.7. The summed E-state index contributed by atoms with van der Waals surface area (Å²) < 4.78 is 234. The van der Waals surface area contributed by atoms with E-state index < -0.39 is 79.3 Å². The third-order valence-electron chi connectivity index (χ3n) is 4.71. The van der Waals surface area contributed by atoms with Crippen molar-refractivity contribution in [3.8, 4) is 0 Å². The topological polar surface area (TPSA) is 18.5 Å². The second-order valence-electron chi connectivity index (χ2n) is 6.79. The third kappa shape index (κ3) is 3.89. The van der Waals surface area contributed by atoms with Crippen LogP contribution in [0, 0.1) is 5.92 Å². The second kappa shape index (κ2) is 8.15. The number of hydrogen-bond acceptors (Lipinski definition) is 2. The molecule has 0 aromatic rings. The zero-order chi connectivity index (χ0) is 26.7. The van der Waals surface area contributed by atoms with Crippen LogP contribution in [0.5, 0.6) is 0 Å². The fraction of sp³-hybridized carbons (Fsp3) is 1.00. The molecule has 0 amide bonds. The van der Waals surface area contributed by atoms with E-state index in [0.717, 1.165) is 0 Å². The van der Waals surface area contributed by atoms with Gasteiger partial charge in [0.05, 0.1) is 5.92 Å². The Morgan fingerprint density at radius 3 is 1.30 bits per heavy atom. The molecule has 2 atom stereocenters. The fourth-order valence-electron chi connectivity index (χ4n) is 2.75. The molecule has 0 radical (unpaired) electrons. The Morgan fingerprint density at radius 2 is 0.939 bits per heavy atom. The molecule has 1 saturated heterocycles. The predicted octanol–water partition coefficient (Wildman–Crippen LogP) is 6.39. The number of halogens is 17. The smallest absolute Gasteiger partial charge is 0.355 e. The molecule has 1 fully saturated rings. The number of hydrogen-bond donors (Lipinski definition) is 0. The average Bonchev–Trinajstić information content (AvgIpc) is 2.65. The molecule has 0 N–H and O–H groups in total. The molecule has 0 aromatic carbocycles. The maximum atomic E-state index is 14.2. The molecule has 198 valence electrons. The van der Waals surface area contributed by atoms with Crippen LogP contribution in [0.3, 0.4) is 0 Å². The van der Waals surface area contributed by atoms with Crippen LogP contribution in [0.2, 0.25) is 0 Å². The van der Waals surface area contributed by atoms with Crippen molar-refractivity contribution in [1.82, 2.24) is 0 Å². The molecule has 0 aromatic heterocycles. The van der Waals surface area contributed by atoms with Crippen LogP contribution < -0.4 is 0 Å². The van der Waals surface area contributed by atoms with Crippen molar-refractivity contribution in [3.05, 3.63) is 0 Å². The standard InChI is InChI=1S/C14H11F17O2/c1-32-6-5(3-2-4-33-6)7(15,16)8(17,18)9(19,20)10(21,22)11(23,24)12(25,26)13(27,28)14(29,30)31/h5-6H,2-4H2,1H3. The lowest BCUT2D eigenvalue weighted by Crippen LogP contribution is -2.75.